The number of ketones is 1. The highest BCUT2D eigenvalue weighted by molar-refractivity contribution is 7.80. The Morgan fingerprint density at radius 1 is 0.953 bits per heavy atom. The van der Waals surface area contributed by atoms with E-state index in [0.717, 1.165) is 32.8 Å². The molecule has 1 N–H and O–H groups in total. The molecule has 1 atom stereocenters. The second-order valence-corrected chi connectivity index (χ2v) is 12.2. The average Bonchev–Trinajstić information content (AvgIpc) is 3.44. The summed E-state index contributed by atoms with van der Waals surface area (Å²) in [5, 5.41) is 3.47. The summed E-state index contributed by atoms with van der Waals surface area (Å²) in [7, 11) is 1.70. The molecule has 0 unspecified atom stereocenters. The molecule has 0 spiro atoms. The van der Waals surface area contributed by atoms with E-state index in [2.05, 4.69) is 35.4 Å². The van der Waals surface area contributed by atoms with Crippen molar-refractivity contribution >= 4 is 44.4 Å². The van der Waals surface area contributed by atoms with Crippen molar-refractivity contribution in [2.75, 3.05) is 13.7 Å². The van der Waals surface area contributed by atoms with Gasteiger partial charge in [-0.25, -0.2) is 4.39 Å². The van der Waals surface area contributed by atoms with Gasteiger partial charge in [-0.3, -0.25) is 9.78 Å². The highest BCUT2D eigenvalue weighted by Crippen LogP contribution is 2.39. The molecule has 2 heterocycles. The zero-order valence-corrected chi connectivity index (χ0v) is 25.8. The molecular weight excluding hydrogens is 580 g/mol. The van der Waals surface area contributed by atoms with Crippen LogP contribution in [0.1, 0.15) is 30.0 Å². The van der Waals surface area contributed by atoms with Crippen LogP contribution in [0.5, 0.6) is 11.5 Å². The third-order valence-corrected chi connectivity index (χ3v) is 8.39. The molecule has 0 bridgehead atoms. The molecule has 3 aromatic carbocycles. The zero-order chi connectivity index (χ0) is 30.2. The summed E-state index contributed by atoms with van der Waals surface area (Å²) in [5.41, 5.74) is 4.70. The van der Waals surface area contributed by atoms with Crippen molar-refractivity contribution in [3.05, 3.63) is 114 Å². The lowest BCUT2D eigenvalue weighted by Crippen LogP contribution is -2.29. The summed E-state index contributed by atoms with van der Waals surface area (Å²) >= 11 is 7.02. The number of methoxy groups -OCH3 is 1. The summed E-state index contributed by atoms with van der Waals surface area (Å²) in [5.74, 6) is 0.228. The van der Waals surface area contributed by atoms with E-state index < -0.39 is 5.82 Å². The van der Waals surface area contributed by atoms with E-state index in [0.29, 0.717) is 35.6 Å². The number of nitrogens with one attached hydrogen (secondary N) is 1. The van der Waals surface area contributed by atoms with Crippen LogP contribution in [-0.4, -0.2) is 35.4 Å². The fourth-order valence-electron chi connectivity index (χ4n) is 4.82. The summed E-state index contributed by atoms with van der Waals surface area (Å²) in [6.07, 6.45) is 2.54. The van der Waals surface area contributed by atoms with E-state index in [-0.39, 0.29) is 24.0 Å². The minimum absolute atomic E-state index is 0.0497. The van der Waals surface area contributed by atoms with E-state index >= 15 is 4.39 Å². The molecule has 0 amide bonds. The SMILES string of the molecule is COC[C@H](C)NCc1cccc(-c2cc3nccc(Oc4ccc(CC(=S)CC(=O)Cc5ccccc5)cc4F)c3s2)c1. The number of pyridine rings is 1. The van der Waals surface area contributed by atoms with Crippen LogP contribution in [0.15, 0.2) is 91.1 Å². The van der Waals surface area contributed by atoms with Crippen molar-refractivity contribution in [3.63, 3.8) is 0 Å². The van der Waals surface area contributed by atoms with E-state index in [1.54, 1.807) is 42.8 Å². The number of rotatable bonds is 14. The molecule has 5 nitrogen and oxygen atoms in total. The van der Waals surface area contributed by atoms with Crippen molar-refractivity contribution in [1.82, 2.24) is 10.3 Å². The van der Waals surface area contributed by atoms with Gasteiger partial charge in [0.05, 0.1) is 16.8 Å². The van der Waals surface area contributed by atoms with Gasteiger partial charge in [0.25, 0.3) is 0 Å². The maximum absolute atomic E-state index is 15.2. The Morgan fingerprint density at radius 2 is 1.77 bits per heavy atom. The predicted octanol–water partition coefficient (Wildman–Crippen LogP) is 8.13. The third kappa shape index (κ3) is 8.39. The number of nitrogens with zero attached hydrogens (tertiary/aromatic N) is 1. The van der Waals surface area contributed by atoms with Gasteiger partial charge in [0, 0.05) is 61.0 Å². The summed E-state index contributed by atoms with van der Waals surface area (Å²) in [6.45, 7) is 3.48. The largest absolute Gasteiger partial charge is 0.453 e. The van der Waals surface area contributed by atoms with Crippen LogP contribution in [0.4, 0.5) is 4.39 Å². The molecule has 0 aliphatic heterocycles. The van der Waals surface area contributed by atoms with E-state index in [1.165, 1.54) is 11.6 Å². The van der Waals surface area contributed by atoms with Crippen LogP contribution in [0, 0.1) is 5.82 Å². The third-order valence-electron chi connectivity index (χ3n) is 6.91. The van der Waals surface area contributed by atoms with E-state index in [1.807, 2.05) is 42.5 Å². The Balaban J connectivity index is 1.25. The highest BCUT2D eigenvalue weighted by atomic mass is 32.1. The molecule has 5 rings (SSSR count). The summed E-state index contributed by atoms with van der Waals surface area (Å²) < 4.78 is 27.3. The Morgan fingerprint density at radius 3 is 2.56 bits per heavy atom. The fourth-order valence-corrected chi connectivity index (χ4v) is 6.21. The van der Waals surface area contributed by atoms with Gasteiger partial charge in [0.2, 0.25) is 0 Å². The van der Waals surface area contributed by atoms with E-state index in [9.17, 15) is 4.79 Å². The first-order chi connectivity index (χ1) is 20.9. The number of hydrogen-bond acceptors (Lipinski definition) is 7. The molecule has 0 saturated heterocycles. The van der Waals surface area contributed by atoms with Crippen molar-refractivity contribution in [1.29, 1.82) is 0 Å². The van der Waals surface area contributed by atoms with Crippen LogP contribution in [0.2, 0.25) is 0 Å². The first kappa shape index (κ1) is 30.6. The number of thiophene rings is 1. The van der Waals surface area contributed by atoms with Crippen LogP contribution in [-0.2, 0) is 28.9 Å². The lowest BCUT2D eigenvalue weighted by atomic mass is 10.0. The summed E-state index contributed by atoms with van der Waals surface area (Å²) in [6, 6.07) is 26.8. The Kier molecular flexibility index (Phi) is 10.4. The minimum atomic E-state index is -0.486. The number of thiocarbonyl (C=S) groups is 1. The number of aromatic nitrogens is 1. The molecular formula is C35H33FN2O3S2. The monoisotopic (exact) mass is 612 g/mol. The second kappa shape index (κ2) is 14.6. The lowest BCUT2D eigenvalue weighted by molar-refractivity contribution is -0.117. The minimum Gasteiger partial charge on any atom is -0.453 e. The van der Waals surface area contributed by atoms with Gasteiger partial charge in [-0.2, -0.15) is 0 Å². The number of carbonyl (C=O) groups is 1. The van der Waals surface area contributed by atoms with Gasteiger partial charge in [0.1, 0.15) is 11.5 Å². The van der Waals surface area contributed by atoms with Gasteiger partial charge >= 0.3 is 0 Å². The Labute approximate surface area is 260 Å². The maximum atomic E-state index is 15.2. The average molecular weight is 613 g/mol. The zero-order valence-electron chi connectivity index (χ0n) is 24.1. The molecule has 0 saturated carbocycles. The fraction of sp³-hybridized carbons (Fsp3) is 0.229. The van der Waals surface area contributed by atoms with Gasteiger partial charge in [-0.05, 0) is 53.4 Å². The molecule has 5 aromatic rings. The Hall–Kier alpha value is -3.82. The van der Waals surface area contributed by atoms with Gasteiger partial charge in [-0.1, -0.05) is 66.8 Å². The molecule has 43 heavy (non-hydrogen) atoms. The van der Waals surface area contributed by atoms with Gasteiger partial charge in [0.15, 0.2) is 11.6 Å². The first-order valence-electron chi connectivity index (χ1n) is 14.1. The molecule has 0 fully saturated rings. The normalized spacial score (nSPS) is 11.9. The summed E-state index contributed by atoms with van der Waals surface area (Å²) in [4.78, 5) is 18.6. The number of fused-ring (bicyclic) bond motifs is 1. The number of ether oxygens (including phenoxy) is 2. The van der Waals surface area contributed by atoms with Gasteiger partial charge in [-0.15, -0.1) is 11.3 Å². The number of benzene rings is 3. The quantitative estimate of drug-likeness (QED) is 0.128. The Bertz CT molecular complexity index is 1720. The number of hydrogen-bond donors (Lipinski definition) is 1. The second-order valence-electron chi connectivity index (χ2n) is 10.5. The van der Waals surface area contributed by atoms with Crippen LogP contribution in [0.25, 0.3) is 20.7 Å². The topological polar surface area (TPSA) is 60.4 Å². The molecule has 0 aliphatic carbocycles. The van der Waals surface area contributed by atoms with Gasteiger partial charge < -0.3 is 14.8 Å². The van der Waals surface area contributed by atoms with Crippen molar-refractivity contribution in [3.8, 4) is 21.9 Å². The standard InChI is InChI=1S/C35H33FN2O3S2/c1-23(22-40-2)38-21-26-9-6-10-27(15-26)34-20-31-35(43-34)33(13-14-37-31)41-32-12-11-25(18-30(32)36)17-29(42)19-28(39)16-24-7-4-3-5-8-24/h3-15,18,20,23,38H,16-17,19,21-22H2,1-2H3/t23-/m0/s1. The van der Waals surface area contributed by atoms with Crippen molar-refractivity contribution in [2.45, 2.75) is 38.8 Å². The number of Topliss-reactive ketones (excluding diaryl/α,β-unsaturated/α-hetero) is 1. The highest BCUT2D eigenvalue weighted by Gasteiger charge is 2.15. The smallest absolute Gasteiger partial charge is 0.166 e. The number of halogens is 1. The van der Waals surface area contributed by atoms with Crippen LogP contribution >= 0.6 is 23.6 Å². The van der Waals surface area contributed by atoms with Crippen LogP contribution in [0.3, 0.4) is 0 Å². The van der Waals surface area contributed by atoms with E-state index in [4.69, 9.17) is 21.7 Å². The number of carbonyl (C=O) groups excluding carboxylic acids is 1. The molecule has 220 valence electrons. The first-order valence-corrected chi connectivity index (χ1v) is 15.3. The molecule has 8 heteroatoms. The molecule has 2 aromatic heterocycles. The lowest BCUT2D eigenvalue weighted by Gasteiger charge is -2.13. The molecule has 0 radical (unpaired) electrons. The van der Waals surface area contributed by atoms with Crippen LogP contribution < -0.4 is 10.1 Å². The predicted molar refractivity (Wildman–Crippen MR) is 176 cm³/mol. The van der Waals surface area contributed by atoms with Crippen molar-refractivity contribution < 1.29 is 18.7 Å². The molecule has 0 aliphatic rings. The van der Waals surface area contributed by atoms with Crippen molar-refractivity contribution in [2.24, 2.45) is 0 Å². The maximum Gasteiger partial charge on any atom is 0.166 e.